The highest BCUT2D eigenvalue weighted by Gasteiger charge is 2.16. The molecule has 0 aliphatic carbocycles. The molecule has 3 aromatic rings. The Bertz CT molecular complexity index is 841. The first kappa shape index (κ1) is 19.4. The summed E-state index contributed by atoms with van der Waals surface area (Å²) in [7, 11) is 0. The van der Waals surface area contributed by atoms with Crippen LogP contribution in [0.4, 0.5) is 0 Å². The zero-order valence-corrected chi connectivity index (χ0v) is 15.7. The van der Waals surface area contributed by atoms with Gasteiger partial charge in [-0.25, -0.2) is 0 Å². The molecular formula is C24H24N2O2. The van der Waals surface area contributed by atoms with Crippen molar-refractivity contribution in [2.24, 2.45) is 0 Å². The monoisotopic (exact) mass is 372 g/mol. The summed E-state index contributed by atoms with van der Waals surface area (Å²) < 4.78 is 0. The predicted molar refractivity (Wildman–Crippen MR) is 111 cm³/mol. The molecule has 3 aromatic carbocycles. The average Bonchev–Trinajstić information content (AvgIpc) is 2.76. The molecule has 142 valence electrons. The van der Waals surface area contributed by atoms with Gasteiger partial charge in [0.15, 0.2) is 0 Å². The molecule has 4 nitrogen and oxygen atoms in total. The Balaban J connectivity index is 1.54. The van der Waals surface area contributed by atoms with Crippen molar-refractivity contribution >= 4 is 11.8 Å². The molecule has 0 saturated carbocycles. The maximum atomic E-state index is 12.5. The topological polar surface area (TPSA) is 58.2 Å². The Hall–Kier alpha value is -3.40. The van der Waals surface area contributed by atoms with Crippen molar-refractivity contribution in [3.8, 4) is 0 Å². The highest BCUT2D eigenvalue weighted by atomic mass is 16.2. The van der Waals surface area contributed by atoms with Gasteiger partial charge in [0.05, 0.1) is 12.6 Å². The summed E-state index contributed by atoms with van der Waals surface area (Å²) >= 11 is 0. The van der Waals surface area contributed by atoms with E-state index in [9.17, 15) is 9.59 Å². The highest BCUT2D eigenvalue weighted by molar-refractivity contribution is 5.85. The zero-order chi connectivity index (χ0) is 19.6. The Morgan fingerprint density at radius 1 is 0.679 bits per heavy atom. The first-order chi connectivity index (χ1) is 13.7. The van der Waals surface area contributed by atoms with Crippen molar-refractivity contribution < 1.29 is 9.59 Å². The van der Waals surface area contributed by atoms with Crippen molar-refractivity contribution in [3.05, 3.63) is 108 Å². The lowest BCUT2D eigenvalue weighted by atomic mass is 9.99. The number of nitrogens with one attached hydrogen (secondary N) is 2. The SMILES string of the molecule is O=C(CCc1ccccc1)NCC(=O)NC(c1ccccc1)c1ccccc1. The molecular weight excluding hydrogens is 348 g/mol. The van der Waals surface area contributed by atoms with Crippen molar-refractivity contribution in [3.63, 3.8) is 0 Å². The first-order valence-corrected chi connectivity index (χ1v) is 9.42. The molecule has 28 heavy (non-hydrogen) atoms. The van der Waals surface area contributed by atoms with Gasteiger partial charge in [-0.15, -0.1) is 0 Å². The van der Waals surface area contributed by atoms with Crippen LogP contribution in [0.2, 0.25) is 0 Å². The third-order valence-corrected chi connectivity index (χ3v) is 4.50. The number of hydrogen-bond acceptors (Lipinski definition) is 2. The van der Waals surface area contributed by atoms with Crippen LogP contribution in [0.25, 0.3) is 0 Å². The van der Waals surface area contributed by atoms with E-state index in [1.807, 2.05) is 91.0 Å². The molecule has 4 heteroatoms. The Labute approximate surface area is 165 Å². The summed E-state index contributed by atoms with van der Waals surface area (Å²) in [6.07, 6.45) is 1.02. The maximum Gasteiger partial charge on any atom is 0.240 e. The number of aryl methyl sites for hydroxylation is 1. The standard InChI is InChI=1S/C24H24N2O2/c27-22(17-16-19-10-4-1-5-11-19)25-18-23(28)26-24(20-12-6-2-7-13-20)21-14-8-3-9-15-21/h1-15,24H,16-18H2,(H,25,27)(H,26,28). The molecule has 0 aliphatic heterocycles. The Morgan fingerprint density at radius 2 is 1.18 bits per heavy atom. The van der Waals surface area contributed by atoms with Crippen LogP contribution in [0.15, 0.2) is 91.0 Å². The molecule has 0 bridgehead atoms. The third-order valence-electron chi connectivity index (χ3n) is 4.50. The van der Waals surface area contributed by atoms with E-state index >= 15 is 0 Å². The van der Waals surface area contributed by atoms with Crippen LogP contribution in [0.3, 0.4) is 0 Å². The number of rotatable bonds is 8. The van der Waals surface area contributed by atoms with E-state index < -0.39 is 0 Å². The van der Waals surface area contributed by atoms with Gasteiger partial charge in [0, 0.05) is 6.42 Å². The second kappa shape index (κ2) is 10.1. The van der Waals surface area contributed by atoms with Crippen LogP contribution < -0.4 is 10.6 Å². The summed E-state index contributed by atoms with van der Waals surface area (Å²) in [5, 5.41) is 5.74. The number of hydrogen-bond donors (Lipinski definition) is 2. The molecule has 0 saturated heterocycles. The van der Waals surface area contributed by atoms with Crippen LogP contribution >= 0.6 is 0 Å². The van der Waals surface area contributed by atoms with E-state index in [1.54, 1.807) is 0 Å². The minimum atomic E-state index is -0.254. The van der Waals surface area contributed by atoms with E-state index in [4.69, 9.17) is 0 Å². The fourth-order valence-corrected chi connectivity index (χ4v) is 3.03. The van der Waals surface area contributed by atoms with Crippen molar-refractivity contribution in [2.45, 2.75) is 18.9 Å². The summed E-state index contributed by atoms with van der Waals surface area (Å²) in [5.74, 6) is -0.347. The number of carbonyl (C=O) groups excluding carboxylic acids is 2. The maximum absolute atomic E-state index is 12.5. The quantitative estimate of drug-likeness (QED) is 0.634. The van der Waals surface area contributed by atoms with Crippen LogP contribution in [-0.2, 0) is 16.0 Å². The second-order valence-corrected chi connectivity index (χ2v) is 6.58. The normalized spacial score (nSPS) is 10.5. The number of amides is 2. The van der Waals surface area contributed by atoms with E-state index in [1.165, 1.54) is 0 Å². The largest absolute Gasteiger partial charge is 0.347 e. The zero-order valence-electron chi connectivity index (χ0n) is 15.7. The molecule has 2 N–H and O–H groups in total. The molecule has 0 atom stereocenters. The number of benzene rings is 3. The van der Waals surface area contributed by atoms with E-state index in [-0.39, 0.29) is 24.4 Å². The van der Waals surface area contributed by atoms with Gasteiger partial charge in [0.25, 0.3) is 0 Å². The molecule has 0 unspecified atom stereocenters. The lowest BCUT2D eigenvalue weighted by Gasteiger charge is -2.20. The minimum Gasteiger partial charge on any atom is -0.347 e. The van der Waals surface area contributed by atoms with Crippen molar-refractivity contribution in [1.29, 1.82) is 0 Å². The molecule has 0 radical (unpaired) electrons. The fourth-order valence-electron chi connectivity index (χ4n) is 3.03. The van der Waals surface area contributed by atoms with E-state index in [0.29, 0.717) is 12.8 Å². The predicted octanol–water partition coefficient (Wildman–Crippen LogP) is 3.64. The van der Waals surface area contributed by atoms with Crippen LogP contribution in [0, 0.1) is 0 Å². The van der Waals surface area contributed by atoms with Crippen LogP contribution in [0.1, 0.15) is 29.2 Å². The molecule has 0 heterocycles. The Morgan fingerprint density at radius 3 is 1.71 bits per heavy atom. The molecule has 0 aliphatic rings. The van der Waals surface area contributed by atoms with Crippen LogP contribution in [-0.4, -0.2) is 18.4 Å². The van der Waals surface area contributed by atoms with Gasteiger partial charge < -0.3 is 10.6 Å². The van der Waals surface area contributed by atoms with Gasteiger partial charge in [-0.05, 0) is 23.1 Å². The van der Waals surface area contributed by atoms with Crippen molar-refractivity contribution in [2.75, 3.05) is 6.54 Å². The van der Waals surface area contributed by atoms with Gasteiger partial charge in [0.1, 0.15) is 0 Å². The van der Waals surface area contributed by atoms with E-state index in [0.717, 1.165) is 16.7 Å². The van der Waals surface area contributed by atoms with Gasteiger partial charge in [0.2, 0.25) is 11.8 Å². The summed E-state index contributed by atoms with van der Waals surface area (Å²) in [6.45, 7) is -0.0379. The summed E-state index contributed by atoms with van der Waals surface area (Å²) in [5.41, 5.74) is 3.10. The van der Waals surface area contributed by atoms with Gasteiger partial charge in [-0.2, -0.15) is 0 Å². The molecule has 0 fully saturated rings. The summed E-state index contributed by atoms with van der Waals surface area (Å²) in [6, 6.07) is 29.2. The fraction of sp³-hybridized carbons (Fsp3) is 0.167. The van der Waals surface area contributed by atoms with Gasteiger partial charge in [-0.3, -0.25) is 9.59 Å². The van der Waals surface area contributed by atoms with E-state index in [2.05, 4.69) is 10.6 Å². The molecule has 3 rings (SSSR count). The highest BCUT2D eigenvalue weighted by Crippen LogP contribution is 2.21. The van der Waals surface area contributed by atoms with Crippen LogP contribution in [0.5, 0.6) is 0 Å². The molecule has 0 spiro atoms. The lowest BCUT2D eigenvalue weighted by Crippen LogP contribution is -2.39. The Kier molecular flexibility index (Phi) is 6.96. The van der Waals surface area contributed by atoms with Gasteiger partial charge in [-0.1, -0.05) is 91.0 Å². The molecule has 0 aromatic heterocycles. The smallest absolute Gasteiger partial charge is 0.240 e. The number of carbonyl (C=O) groups is 2. The second-order valence-electron chi connectivity index (χ2n) is 6.58. The summed E-state index contributed by atoms with van der Waals surface area (Å²) in [4.78, 5) is 24.5. The van der Waals surface area contributed by atoms with Crippen molar-refractivity contribution in [1.82, 2.24) is 10.6 Å². The van der Waals surface area contributed by atoms with Gasteiger partial charge >= 0.3 is 0 Å². The molecule has 2 amide bonds. The third kappa shape index (κ3) is 5.81. The first-order valence-electron chi connectivity index (χ1n) is 9.42. The minimum absolute atomic E-state index is 0.0379. The average molecular weight is 372 g/mol. The lowest BCUT2D eigenvalue weighted by molar-refractivity contribution is -0.126.